The van der Waals surface area contributed by atoms with Gasteiger partial charge in [0.2, 0.25) is 5.78 Å². The molecule has 0 N–H and O–H groups in total. The lowest BCUT2D eigenvalue weighted by Crippen LogP contribution is -1.90. The Morgan fingerprint density at radius 3 is 2.56 bits per heavy atom. The first-order valence-electron chi connectivity index (χ1n) is 7.09. The fourth-order valence-corrected chi connectivity index (χ4v) is 1.91. The summed E-state index contributed by atoms with van der Waals surface area (Å²) in [7, 11) is 0. The normalized spacial score (nSPS) is 11.2. The highest BCUT2D eigenvalue weighted by molar-refractivity contribution is 6.02. The smallest absolute Gasteiger partial charge is 0.220 e. The molecule has 0 atom stereocenters. The van der Waals surface area contributed by atoms with Crippen LogP contribution in [0.4, 0.5) is 0 Å². The molecule has 0 amide bonds. The second kappa shape index (κ2) is 9.69. The van der Waals surface area contributed by atoms with Crippen molar-refractivity contribution in [3.8, 4) is 0 Å². The van der Waals surface area contributed by atoms with E-state index in [2.05, 4.69) is 6.92 Å². The van der Waals surface area contributed by atoms with Crippen molar-refractivity contribution in [1.29, 1.82) is 0 Å². The van der Waals surface area contributed by atoms with Crippen LogP contribution in [0.3, 0.4) is 0 Å². The highest BCUT2D eigenvalue weighted by Gasteiger charge is 2.02. The van der Waals surface area contributed by atoms with Crippen molar-refractivity contribution >= 4 is 5.78 Å². The molecule has 2 nitrogen and oxygen atoms in total. The van der Waals surface area contributed by atoms with Gasteiger partial charge < -0.3 is 4.42 Å². The van der Waals surface area contributed by atoms with Crippen LogP contribution in [0.25, 0.3) is 0 Å². The molecule has 0 spiro atoms. The molecule has 100 valence electrons. The van der Waals surface area contributed by atoms with E-state index >= 15 is 0 Å². The number of carbonyl (C=O) groups is 1. The Bertz CT molecular complexity index is 336. The maximum absolute atomic E-state index is 11.5. The van der Waals surface area contributed by atoms with Gasteiger partial charge >= 0.3 is 0 Å². The Morgan fingerprint density at radius 2 is 1.89 bits per heavy atom. The molecule has 1 rings (SSSR count). The minimum absolute atomic E-state index is 0.0389. The lowest BCUT2D eigenvalue weighted by atomic mass is 10.1. The van der Waals surface area contributed by atoms with E-state index in [1.807, 2.05) is 6.08 Å². The van der Waals surface area contributed by atoms with E-state index in [1.165, 1.54) is 51.2 Å². The van der Waals surface area contributed by atoms with Crippen LogP contribution in [0.2, 0.25) is 0 Å². The Morgan fingerprint density at radius 1 is 1.17 bits per heavy atom. The molecule has 0 bridgehead atoms. The lowest BCUT2D eigenvalue weighted by Gasteiger charge is -1.98. The number of carbonyl (C=O) groups excluding carboxylic acids is 1. The monoisotopic (exact) mass is 248 g/mol. The third-order valence-electron chi connectivity index (χ3n) is 3.01. The molecule has 0 aliphatic rings. The summed E-state index contributed by atoms with van der Waals surface area (Å²) in [6, 6.07) is 3.43. The van der Waals surface area contributed by atoms with Gasteiger partial charge in [-0.1, -0.05) is 51.5 Å². The number of furan rings is 1. The van der Waals surface area contributed by atoms with Crippen molar-refractivity contribution in [1.82, 2.24) is 0 Å². The number of ketones is 1. The van der Waals surface area contributed by atoms with Crippen LogP contribution >= 0.6 is 0 Å². The molecular formula is C16H24O2. The molecule has 0 aliphatic carbocycles. The highest BCUT2D eigenvalue weighted by Crippen LogP contribution is 2.09. The Hall–Kier alpha value is -1.31. The molecule has 0 radical (unpaired) electrons. The largest absolute Gasteiger partial charge is 0.461 e. The molecule has 18 heavy (non-hydrogen) atoms. The number of hydrogen-bond donors (Lipinski definition) is 0. The minimum atomic E-state index is -0.0389. The van der Waals surface area contributed by atoms with E-state index in [0.717, 1.165) is 6.42 Å². The fraction of sp³-hybridized carbons (Fsp3) is 0.562. The van der Waals surface area contributed by atoms with E-state index in [9.17, 15) is 4.79 Å². The van der Waals surface area contributed by atoms with Crippen LogP contribution in [0, 0.1) is 0 Å². The van der Waals surface area contributed by atoms with Gasteiger partial charge in [0.15, 0.2) is 5.76 Å². The summed E-state index contributed by atoms with van der Waals surface area (Å²) in [5.41, 5.74) is 0. The van der Waals surface area contributed by atoms with Crippen molar-refractivity contribution in [2.75, 3.05) is 0 Å². The van der Waals surface area contributed by atoms with Gasteiger partial charge in [0.25, 0.3) is 0 Å². The Kier molecular flexibility index (Phi) is 7.94. The second-order valence-corrected chi connectivity index (χ2v) is 4.65. The SMILES string of the molecule is CCCCCCCCCC=CC(=O)c1ccco1. The summed E-state index contributed by atoms with van der Waals surface area (Å²) in [5.74, 6) is 0.383. The van der Waals surface area contributed by atoms with Gasteiger partial charge in [0.05, 0.1) is 6.26 Å². The molecule has 1 aromatic heterocycles. The Balaban J connectivity index is 1.99. The zero-order valence-corrected chi connectivity index (χ0v) is 11.4. The third kappa shape index (κ3) is 6.43. The van der Waals surface area contributed by atoms with Crippen molar-refractivity contribution in [3.05, 3.63) is 36.3 Å². The van der Waals surface area contributed by atoms with E-state index < -0.39 is 0 Å². The van der Waals surface area contributed by atoms with E-state index in [1.54, 1.807) is 18.2 Å². The summed E-state index contributed by atoms with van der Waals surface area (Å²) in [6.07, 6.45) is 15.2. The summed E-state index contributed by atoms with van der Waals surface area (Å²) >= 11 is 0. The third-order valence-corrected chi connectivity index (χ3v) is 3.01. The molecule has 1 heterocycles. The van der Waals surface area contributed by atoms with Gasteiger partial charge in [-0.2, -0.15) is 0 Å². The maximum Gasteiger partial charge on any atom is 0.220 e. The van der Waals surface area contributed by atoms with Crippen LogP contribution in [-0.2, 0) is 0 Å². The number of allylic oxidation sites excluding steroid dienone is 2. The van der Waals surface area contributed by atoms with E-state index in [-0.39, 0.29) is 5.78 Å². The topological polar surface area (TPSA) is 30.2 Å². The molecule has 0 fully saturated rings. The van der Waals surface area contributed by atoms with Crippen LogP contribution < -0.4 is 0 Å². The van der Waals surface area contributed by atoms with Gasteiger partial charge in [0, 0.05) is 0 Å². The molecule has 0 aliphatic heterocycles. The number of unbranched alkanes of at least 4 members (excludes halogenated alkanes) is 7. The standard InChI is InChI=1S/C16H24O2/c1-2-3-4-5-6-7-8-9-10-12-15(17)16-13-11-14-18-16/h10-14H,2-9H2,1H3. The average Bonchev–Trinajstić information content (AvgIpc) is 2.90. The first-order chi connectivity index (χ1) is 8.84. The minimum Gasteiger partial charge on any atom is -0.461 e. The second-order valence-electron chi connectivity index (χ2n) is 4.65. The van der Waals surface area contributed by atoms with Gasteiger partial charge in [-0.05, 0) is 31.1 Å². The van der Waals surface area contributed by atoms with E-state index in [4.69, 9.17) is 4.42 Å². The molecule has 1 aromatic rings. The summed E-state index contributed by atoms with van der Waals surface area (Å²) in [4.78, 5) is 11.5. The van der Waals surface area contributed by atoms with Crippen molar-refractivity contribution in [2.45, 2.75) is 58.3 Å². The molecule has 0 saturated heterocycles. The van der Waals surface area contributed by atoms with Crippen LogP contribution in [0.15, 0.2) is 35.0 Å². The van der Waals surface area contributed by atoms with Crippen molar-refractivity contribution < 1.29 is 9.21 Å². The molecule has 0 aromatic carbocycles. The van der Waals surface area contributed by atoms with Gasteiger partial charge in [-0.25, -0.2) is 0 Å². The summed E-state index contributed by atoms with van der Waals surface area (Å²) in [6.45, 7) is 2.24. The van der Waals surface area contributed by atoms with Crippen molar-refractivity contribution in [2.24, 2.45) is 0 Å². The lowest BCUT2D eigenvalue weighted by molar-refractivity contribution is 0.102. The molecule has 0 saturated carbocycles. The quantitative estimate of drug-likeness (QED) is 0.325. The molecule has 0 unspecified atom stereocenters. The first kappa shape index (κ1) is 14.7. The van der Waals surface area contributed by atoms with Gasteiger partial charge in [-0.3, -0.25) is 4.79 Å². The zero-order valence-electron chi connectivity index (χ0n) is 11.4. The number of hydrogen-bond acceptors (Lipinski definition) is 2. The van der Waals surface area contributed by atoms with Gasteiger partial charge in [-0.15, -0.1) is 0 Å². The van der Waals surface area contributed by atoms with Crippen LogP contribution in [0.5, 0.6) is 0 Å². The highest BCUT2D eigenvalue weighted by atomic mass is 16.3. The maximum atomic E-state index is 11.5. The Labute approximate surface area is 110 Å². The van der Waals surface area contributed by atoms with E-state index in [0.29, 0.717) is 5.76 Å². The van der Waals surface area contributed by atoms with Crippen molar-refractivity contribution in [3.63, 3.8) is 0 Å². The number of rotatable bonds is 10. The van der Waals surface area contributed by atoms with Crippen LogP contribution in [-0.4, -0.2) is 5.78 Å². The van der Waals surface area contributed by atoms with Gasteiger partial charge in [0.1, 0.15) is 0 Å². The zero-order chi connectivity index (χ0) is 13.1. The average molecular weight is 248 g/mol. The predicted octanol–water partition coefficient (Wildman–Crippen LogP) is 5.16. The first-order valence-corrected chi connectivity index (χ1v) is 7.09. The molecule has 2 heteroatoms. The summed E-state index contributed by atoms with van der Waals surface area (Å²) < 4.78 is 5.03. The molecular weight excluding hydrogens is 224 g/mol. The predicted molar refractivity (Wildman–Crippen MR) is 74.8 cm³/mol. The van der Waals surface area contributed by atoms with Crippen LogP contribution in [0.1, 0.15) is 68.8 Å². The fourth-order valence-electron chi connectivity index (χ4n) is 1.91. The summed E-state index contributed by atoms with van der Waals surface area (Å²) in [5, 5.41) is 0.